The Morgan fingerprint density at radius 3 is 3.06 bits per heavy atom. The Morgan fingerprint density at radius 2 is 2.44 bits per heavy atom. The lowest BCUT2D eigenvalue weighted by molar-refractivity contribution is -0.122. The van der Waals surface area contributed by atoms with Gasteiger partial charge in [0.2, 0.25) is 5.91 Å². The van der Waals surface area contributed by atoms with Crippen molar-refractivity contribution in [2.45, 2.75) is 19.0 Å². The first-order valence-electron chi connectivity index (χ1n) is 6.33. The molecule has 0 radical (unpaired) electrons. The summed E-state index contributed by atoms with van der Waals surface area (Å²) < 4.78 is 0. The number of nitrogens with zero attached hydrogens (tertiary/aromatic N) is 2. The molecule has 1 saturated heterocycles. The van der Waals surface area contributed by atoms with E-state index < -0.39 is 0 Å². The zero-order valence-corrected chi connectivity index (χ0v) is 11.9. The highest BCUT2D eigenvalue weighted by Crippen LogP contribution is 2.12. The maximum atomic E-state index is 11.8. The molecule has 0 bridgehead atoms. The van der Waals surface area contributed by atoms with E-state index in [1.165, 1.54) is 4.88 Å². The third-order valence-corrected chi connectivity index (χ3v) is 4.26. The van der Waals surface area contributed by atoms with Gasteiger partial charge in [-0.2, -0.15) is 0 Å². The number of likely N-dealkylation sites (tertiary alicyclic amines) is 1. The van der Waals surface area contributed by atoms with Gasteiger partial charge in [0, 0.05) is 24.0 Å². The summed E-state index contributed by atoms with van der Waals surface area (Å²) in [4.78, 5) is 17.5. The molecule has 1 N–H and O–H groups in total. The van der Waals surface area contributed by atoms with Crippen LogP contribution in [0.1, 0.15) is 11.3 Å². The molecule has 100 valence electrons. The second-order valence-corrected chi connectivity index (χ2v) is 6.03. The molecule has 0 aliphatic carbocycles. The van der Waals surface area contributed by atoms with Gasteiger partial charge in [-0.05, 0) is 32.0 Å². The number of amides is 1. The summed E-state index contributed by atoms with van der Waals surface area (Å²) in [7, 11) is 4.20. The van der Waals surface area contributed by atoms with Gasteiger partial charge < -0.3 is 10.2 Å². The first-order chi connectivity index (χ1) is 8.65. The molecule has 1 aromatic heterocycles. The zero-order valence-electron chi connectivity index (χ0n) is 11.1. The molecule has 1 aliphatic rings. The molecule has 0 spiro atoms. The van der Waals surface area contributed by atoms with Crippen molar-refractivity contribution in [3.05, 3.63) is 22.4 Å². The van der Waals surface area contributed by atoms with E-state index in [0.717, 1.165) is 19.5 Å². The maximum Gasteiger partial charge on any atom is 0.234 e. The summed E-state index contributed by atoms with van der Waals surface area (Å²) in [6.45, 7) is 3.20. The van der Waals surface area contributed by atoms with Crippen LogP contribution in [0, 0.1) is 0 Å². The fourth-order valence-electron chi connectivity index (χ4n) is 2.24. The average Bonchev–Trinajstić information content (AvgIpc) is 2.96. The normalized spacial score (nSPS) is 20.5. The molecule has 5 heteroatoms. The minimum Gasteiger partial charge on any atom is -0.350 e. The number of hydrogen-bond donors (Lipinski definition) is 1. The molecule has 1 atom stereocenters. The second-order valence-electron chi connectivity index (χ2n) is 5.00. The predicted octanol–water partition coefficient (Wildman–Crippen LogP) is 1.00. The van der Waals surface area contributed by atoms with Crippen LogP contribution in [0.25, 0.3) is 0 Å². The second kappa shape index (κ2) is 6.31. The Hall–Kier alpha value is -0.910. The SMILES string of the molecule is CN(C)[C@H]1CCN(CC(=O)NCc2cccs2)C1. The molecule has 2 heterocycles. The van der Waals surface area contributed by atoms with E-state index >= 15 is 0 Å². The molecule has 1 aliphatic heterocycles. The first-order valence-corrected chi connectivity index (χ1v) is 7.21. The van der Waals surface area contributed by atoms with Crippen molar-refractivity contribution in [1.82, 2.24) is 15.1 Å². The molecule has 1 fully saturated rings. The Bertz CT molecular complexity index is 378. The summed E-state index contributed by atoms with van der Waals surface area (Å²) >= 11 is 1.68. The van der Waals surface area contributed by atoms with Gasteiger partial charge in [0.1, 0.15) is 0 Å². The van der Waals surface area contributed by atoms with Crippen LogP contribution in [0.15, 0.2) is 17.5 Å². The smallest absolute Gasteiger partial charge is 0.234 e. The Balaban J connectivity index is 1.69. The highest BCUT2D eigenvalue weighted by atomic mass is 32.1. The summed E-state index contributed by atoms with van der Waals surface area (Å²) in [5, 5.41) is 5.00. The lowest BCUT2D eigenvalue weighted by atomic mass is 10.2. The Kier molecular flexibility index (Phi) is 4.74. The van der Waals surface area contributed by atoms with Gasteiger partial charge in [0.15, 0.2) is 0 Å². The van der Waals surface area contributed by atoms with Crippen molar-refractivity contribution in [2.24, 2.45) is 0 Å². The van der Waals surface area contributed by atoms with Gasteiger partial charge in [-0.15, -0.1) is 11.3 Å². The Morgan fingerprint density at radius 1 is 1.61 bits per heavy atom. The quantitative estimate of drug-likeness (QED) is 0.864. The van der Waals surface area contributed by atoms with Crippen molar-refractivity contribution in [3.63, 3.8) is 0 Å². The number of likely N-dealkylation sites (N-methyl/N-ethyl adjacent to an activating group) is 1. The van der Waals surface area contributed by atoms with Crippen LogP contribution >= 0.6 is 11.3 Å². The molecular formula is C13H21N3OS. The van der Waals surface area contributed by atoms with Crippen LogP contribution in [-0.4, -0.2) is 55.5 Å². The summed E-state index contributed by atoms with van der Waals surface area (Å²) in [6.07, 6.45) is 1.16. The molecule has 4 nitrogen and oxygen atoms in total. The van der Waals surface area contributed by atoms with E-state index in [4.69, 9.17) is 0 Å². The van der Waals surface area contributed by atoms with Crippen LogP contribution in [-0.2, 0) is 11.3 Å². The van der Waals surface area contributed by atoms with Crippen molar-refractivity contribution in [2.75, 3.05) is 33.7 Å². The fraction of sp³-hybridized carbons (Fsp3) is 0.615. The summed E-state index contributed by atoms with van der Waals surface area (Å²) in [5.74, 6) is 0.128. The van der Waals surface area contributed by atoms with E-state index in [-0.39, 0.29) is 5.91 Å². The zero-order chi connectivity index (χ0) is 13.0. The fourth-order valence-corrected chi connectivity index (χ4v) is 2.88. The summed E-state index contributed by atoms with van der Waals surface area (Å²) in [5.41, 5.74) is 0. The van der Waals surface area contributed by atoms with E-state index in [2.05, 4.69) is 29.2 Å². The third-order valence-electron chi connectivity index (χ3n) is 3.38. The third kappa shape index (κ3) is 3.80. The highest BCUT2D eigenvalue weighted by molar-refractivity contribution is 7.09. The van der Waals surface area contributed by atoms with Crippen LogP contribution in [0.5, 0.6) is 0 Å². The largest absolute Gasteiger partial charge is 0.350 e. The molecule has 0 unspecified atom stereocenters. The van der Waals surface area contributed by atoms with Crippen molar-refractivity contribution in [3.8, 4) is 0 Å². The molecular weight excluding hydrogens is 246 g/mol. The molecule has 0 saturated carbocycles. The van der Waals surface area contributed by atoms with Crippen LogP contribution in [0.2, 0.25) is 0 Å². The van der Waals surface area contributed by atoms with Crippen molar-refractivity contribution < 1.29 is 4.79 Å². The van der Waals surface area contributed by atoms with Gasteiger partial charge in [0.25, 0.3) is 0 Å². The molecule has 18 heavy (non-hydrogen) atoms. The number of carbonyl (C=O) groups is 1. The van der Waals surface area contributed by atoms with Crippen LogP contribution in [0.3, 0.4) is 0 Å². The topological polar surface area (TPSA) is 35.6 Å². The molecule has 0 aromatic carbocycles. The lowest BCUT2D eigenvalue weighted by Gasteiger charge is -2.19. The van der Waals surface area contributed by atoms with Gasteiger partial charge in [-0.3, -0.25) is 9.69 Å². The van der Waals surface area contributed by atoms with E-state index in [1.807, 2.05) is 17.5 Å². The monoisotopic (exact) mass is 267 g/mol. The van der Waals surface area contributed by atoms with Crippen molar-refractivity contribution in [1.29, 1.82) is 0 Å². The van der Waals surface area contributed by atoms with Gasteiger partial charge in [-0.25, -0.2) is 0 Å². The Labute approximate surface area is 113 Å². The molecule has 2 rings (SSSR count). The van der Waals surface area contributed by atoms with E-state index in [1.54, 1.807) is 11.3 Å². The van der Waals surface area contributed by atoms with Gasteiger partial charge in [-0.1, -0.05) is 6.07 Å². The highest BCUT2D eigenvalue weighted by Gasteiger charge is 2.24. The lowest BCUT2D eigenvalue weighted by Crippen LogP contribution is -2.37. The number of rotatable bonds is 5. The van der Waals surface area contributed by atoms with Crippen molar-refractivity contribution >= 4 is 17.2 Å². The molecule has 1 amide bonds. The van der Waals surface area contributed by atoms with Crippen LogP contribution in [0.4, 0.5) is 0 Å². The average molecular weight is 267 g/mol. The molecule has 1 aromatic rings. The number of nitrogens with one attached hydrogen (secondary N) is 1. The van der Waals surface area contributed by atoms with E-state index in [9.17, 15) is 4.79 Å². The number of hydrogen-bond acceptors (Lipinski definition) is 4. The van der Waals surface area contributed by atoms with Gasteiger partial charge in [0.05, 0.1) is 13.1 Å². The van der Waals surface area contributed by atoms with Crippen LogP contribution < -0.4 is 5.32 Å². The summed E-state index contributed by atoms with van der Waals surface area (Å²) in [6, 6.07) is 4.65. The minimum atomic E-state index is 0.128. The number of carbonyl (C=O) groups excluding carboxylic acids is 1. The predicted molar refractivity (Wildman–Crippen MR) is 74.7 cm³/mol. The number of thiophene rings is 1. The van der Waals surface area contributed by atoms with E-state index in [0.29, 0.717) is 19.1 Å². The maximum absolute atomic E-state index is 11.8. The standard InChI is InChI=1S/C13H21N3OS/c1-15(2)11-5-6-16(9-11)10-13(17)14-8-12-4-3-7-18-12/h3-4,7,11H,5-6,8-10H2,1-2H3,(H,14,17)/t11-/m0/s1. The van der Waals surface area contributed by atoms with Gasteiger partial charge >= 0.3 is 0 Å². The minimum absolute atomic E-state index is 0.128. The first kappa shape index (κ1) is 13.5.